The number of carbonyl (C=O) groups is 1. The Kier molecular flexibility index (Phi) is 4.72. The fourth-order valence-corrected chi connectivity index (χ4v) is 2.47. The van der Waals surface area contributed by atoms with E-state index < -0.39 is 5.91 Å². The quantitative estimate of drug-likeness (QED) is 0.590. The van der Waals surface area contributed by atoms with Crippen LogP contribution in [0.2, 0.25) is 0 Å². The van der Waals surface area contributed by atoms with Crippen LogP contribution < -0.4 is 5.32 Å². The lowest BCUT2D eigenvalue weighted by atomic mass is 10.1. The molecule has 0 radical (unpaired) electrons. The van der Waals surface area contributed by atoms with Gasteiger partial charge in [0.05, 0.1) is 11.4 Å². The van der Waals surface area contributed by atoms with E-state index in [0.29, 0.717) is 11.3 Å². The van der Waals surface area contributed by atoms with Crippen LogP contribution in [0.15, 0.2) is 72.4 Å². The van der Waals surface area contributed by atoms with Crippen molar-refractivity contribution in [3.63, 3.8) is 0 Å². The molecule has 1 N–H and O–H groups in total. The summed E-state index contributed by atoms with van der Waals surface area (Å²) in [6, 6.07) is 21.3. The molecule has 5 heteroatoms. The van der Waals surface area contributed by atoms with Crippen molar-refractivity contribution in [3.05, 3.63) is 78.0 Å². The molecule has 1 heterocycles. The van der Waals surface area contributed by atoms with Gasteiger partial charge in [-0.25, -0.2) is 4.68 Å². The number of aromatic nitrogens is 2. The minimum atomic E-state index is -0.422. The number of benzene rings is 2. The van der Waals surface area contributed by atoms with Crippen molar-refractivity contribution in [2.45, 2.75) is 0 Å². The molecule has 0 fully saturated rings. The first-order valence-corrected chi connectivity index (χ1v) is 7.77. The lowest BCUT2D eigenvalue weighted by molar-refractivity contribution is -0.116. The molecular weight excluding hydrogens is 312 g/mol. The molecule has 0 aliphatic heterocycles. The largest absolute Gasteiger partial charge is 0.354 e. The molecule has 25 heavy (non-hydrogen) atoms. The molecule has 0 bridgehead atoms. The monoisotopic (exact) mass is 328 g/mol. The number of nitrogens with one attached hydrogen (secondary N) is 1. The molecule has 0 unspecified atom stereocenters. The minimum absolute atomic E-state index is 0.0345. The molecule has 0 saturated heterocycles. The van der Waals surface area contributed by atoms with Gasteiger partial charge in [0, 0.05) is 24.4 Å². The second-order valence-electron chi connectivity index (χ2n) is 5.33. The van der Waals surface area contributed by atoms with Crippen molar-refractivity contribution in [3.8, 4) is 23.0 Å². The van der Waals surface area contributed by atoms with Crippen LogP contribution in [0.25, 0.3) is 23.0 Å². The van der Waals surface area contributed by atoms with Crippen molar-refractivity contribution in [2.75, 3.05) is 7.05 Å². The van der Waals surface area contributed by atoms with Crippen LogP contribution >= 0.6 is 0 Å². The van der Waals surface area contributed by atoms with E-state index in [1.54, 1.807) is 10.8 Å². The third-order valence-electron chi connectivity index (χ3n) is 3.70. The summed E-state index contributed by atoms with van der Waals surface area (Å²) >= 11 is 0. The molecule has 0 atom stereocenters. The minimum Gasteiger partial charge on any atom is -0.354 e. The Morgan fingerprint density at radius 3 is 2.36 bits per heavy atom. The predicted molar refractivity (Wildman–Crippen MR) is 96.7 cm³/mol. The van der Waals surface area contributed by atoms with Crippen LogP contribution in [-0.2, 0) is 4.79 Å². The Balaban J connectivity index is 2.16. The molecular formula is C20H16N4O. The highest BCUT2D eigenvalue weighted by atomic mass is 16.1. The van der Waals surface area contributed by atoms with Gasteiger partial charge in [0.15, 0.2) is 0 Å². The molecule has 5 nitrogen and oxygen atoms in total. The average Bonchev–Trinajstić information content (AvgIpc) is 3.11. The molecule has 2 aromatic carbocycles. The third kappa shape index (κ3) is 3.48. The summed E-state index contributed by atoms with van der Waals surface area (Å²) in [5.41, 5.74) is 3.26. The van der Waals surface area contributed by atoms with Gasteiger partial charge in [0.25, 0.3) is 5.91 Å². The fraction of sp³-hybridized carbons (Fsp3) is 0.0500. The maximum Gasteiger partial charge on any atom is 0.261 e. The summed E-state index contributed by atoms with van der Waals surface area (Å²) in [5, 5.41) is 16.4. The molecule has 3 aromatic rings. The van der Waals surface area contributed by atoms with Crippen LogP contribution in [0.5, 0.6) is 0 Å². The number of para-hydroxylation sites is 1. The van der Waals surface area contributed by atoms with Crippen LogP contribution in [-0.4, -0.2) is 22.7 Å². The first-order chi connectivity index (χ1) is 12.2. The lowest BCUT2D eigenvalue weighted by Gasteiger charge is -2.00. The normalized spacial score (nSPS) is 11.0. The number of carbonyl (C=O) groups excluding carboxylic acids is 1. The average molecular weight is 328 g/mol. The Bertz CT molecular complexity index is 950. The van der Waals surface area contributed by atoms with E-state index in [1.807, 2.05) is 72.9 Å². The van der Waals surface area contributed by atoms with Crippen molar-refractivity contribution < 1.29 is 4.79 Å². The molecule has 122 valence electrons. The van der Waals surface area contributed by atoms with E-state index in [-0.39, 0.29) is 5.57 Å². The molecule has 0 spiro atoms. The highest BCUT2D eigenvalue weighted by Gasteiger charge is 2.14. The molecule has 0 aliphatic carbocycles. The van der Waals surface area contributed by atoms with Gasteiger partial charge in [-0.15, -0.1) is 0 Å². The maximum atomic E-state index is 11.8. The highest BCUT2D eigenvalue weighted by molar-refractivity contribution is 6.02. The number of nitrogens with zero attached hydrogens (tertiary/aromatic N) is 3. The SMILES string of the molecule is CNC(=O)/C(C#N)=C/c1cn(-c2ccccc2)nc1-c1ccccc1. The van der Waals surface area contributed by atoms with Gasteiger partial charge in [0.1, 0.15) is 11.6 Å². The van der Waals surface area contributed by atoms with Crippen LogP contribution in [0, 0.1) is 11.3 Å². The third-order valence-corrected chi connectivity index (χ3v) is 3.70. The highest BCUT2D eigenvalue weighted by Crippen LogP contribution is 2.25. The van der Waals surface area contributed by atoms with E-state index in [1.165, 1.54) is 7.05 Å². The van der Waals surface area contributed by atoms with E-state index >= 15 is 0 Å². The zero-order valence-corrected chi connectivity index (χ0v) is 13.7. The topological polar surface area (TPSA) is 70.7 Å². The van der Waals surface area contributed by atoms with Crippen molar-refractivity contribution in [1.82, 2.24) is 15.1 Å². The molecule has 1 amide bonds. The van der Waals surface area contributed by atoms with E-state index in [9.17, 15) is 10.1 Å². The van der Waals surface area contributed by atoms with Gasteiger partial charge in [0.2, 0.25) is 0 Å². The van der Waals surface area contributed by atoms with Crippen LogP contribution in [0.3, 0.4) is 0 Å². The summed E-state index contributed by atoms with van der Waals surface area (Å²) in [4.78, 5) is 11.8. The molecule has 3 rings (SSSR count). The van der Waals surface area contributed by atoms with Gasteiger partial charge >= 0.3 is 0 Å². The van der Waals surface area contributed by atoms with Gasteiger partial charge in [-0.05, 0) is 18.2 Å². The number of nitriles is 1. The summed E-state index contributed by atoms with van der Waals surface area (Å²) in [6.45, 7) is 0. The van der Waals surface area contributed by atoms with Gasteiger partial charge in [-0.1, -0.05) is 48.5 Å². The fourth-order valence-electron chi connectivity index (χ4n) is 2.47. The summed E-state index contributed by atoms with van der Waals surface area (Å²) in [5.74, 6) is -0.422. The second-order valence-corrected chi connectivity index (χ2v) is 5.33. The zero-order chi connectivity index (χ0) is 17.6. The number of amides is 1. The first kappa shape index (κ1) is 16.2. The van der Waals surface area contributed by atoms with Gasteiger partial charge < -0.3 is 5.32 Å². The van der Waals surface area contributed by atoms with Crippen LogP contribution in [0.4, 0.5) is 0 Å². The number of hydrogen-bond donors (Lipinski definition) is 1. The molecule has 0 saturated carbocycles. The summed E-state index contributed by atoms with van der Waals surface area (Å²) < 4.78 is 1.74. The van der Waals surface area contributed by atoms with E-state index in [0.717, 1.165) is 11.3 Å². The number of likely N-dealkylation sites (N-methyl/N-ethyl adjacent to an activating group) is 1. The first-order valence-electron chi connectivity index (χ1n) is 7.77. The Hall–Kier alpha value is -3.65. The Morgan fingerprint density at radius 2 is 1.76 bits per heavy atom. The number of hydrogen-bond acceptors (Lipinski definition) is 3. The molecule has 1 aromatic heterocycles. The van der Waals surface area contributed by atoms with Gasteiger partial charge in [-0.2, -0.15) is 10.4 Å². The van der Waals surface area contributed by atoms with Gasteiger partial charge in [-0.3, -0.25) is 4.79 Å². The van der Waals surface area contributed by atoms with Crippen molar-refractivity contribution >= 4 is 12.0 Å². The van der Waals surface area contributed by atoms with E-state index in [4.69, 9.17) is 0 Å². The standard InChI is InChI=1S/C20H16N4O/c1-22-20(25)16(13-21)12-17-14-24(18-10-6-3-7-11-18)23-19(17)15-8-4-2-5-9-15/h2-12,14H,1H3,(H,22,25)/b16-12+. The maximum absolute atomic E-state index is 11.8. The smallest absolute Gasteiger partial charge is 0.261 e. The number of rotatable bonds is 4. The Labute approximate surface area is 145 Å². The Morgan fingerprint density at radius 1 is 1.12 bits per heavy atom. The summed E-state index contributed by atoms with van der Waals surface area (Å²) in [7, 11) is 1.50. The van der Waals surface area contributed by atoms with Crippen molar-refractivity contribution in [1.29, 1.82) is 5.26 Å². The second kappa shape index (κ2) is 7.28. The van der Waals surface area contributed by atoms with Crippen molar-refractivity contribution in [2.24, 2.45) is 0 Å². The lowest BCUT2D eigenvalue weighted by Crippen LogP contribution is -2.19. The van der Waals surface area contributed by atoms with E-state index in [2.05, 4.69) is 10.4 Å². The molecule has 0 aliphatic rings. The predicted octanol–water partition coefficient (Wildman–Crippen LogP) is 3.19. The summed E-state index contributed by atoms with van der Waals surface area (Å²) in [6.07, 6.45) is 3.38. The zero-order valence-electron chi connectivity index (χ0n) is 13.7. The van der Waals surface area contributed by atoms with Crippen LogP contribution in [0.1, 0.15) is 5.56 Å².